The zero-order valence-electron chi connectivity index (χ0n) is 10.5. The minimum Gasteiger partial charge on any atom is -0.326 e. The molecule has 0 unspecified atom stereocenters. The highest BCUT2D eigenvalue weighted by molar-refractivity contribution is 5.80. The van der Waals surface area contributed by atoms with E-state index in [-0.39, 0.29) is 0 Å². The molecule has 0 fully saturated rings. The Morgan fingerprint density at radius 1 is 1.22 bits per heavy atom. The molecule has 2 heterocycles. The summed E-state index contributed by atoms with van der Waals surface area (Å²) in [7, 11) is 3.93. The van der Waals surface area contributed by atoms with Gasteiger partial charge in [0, 0.05) is 26.8 Å². The Morgan fingerprint density at radius 2 is 2.06 bits per heavy atom. The summed E-state index contributed by atoms with van der Waals surface area (Å²) in [6.07, 6.45) is 1.78. The monoisotopic (exact) mass is 241 g/mol. The van der Waals surface area contributed by atoms with E-state index in [9.17, 15) is 0 Å². The number of hydrogen-bond donors (Lipinski definition) is 1. The third-order valence-corrected chi connectivity index (χ3v) is 3.23. The van der Waals surface area contributed by atoms with Gasteiger partial charge in [-0.2, -0.15) is 5.10 Å². The Morgan fingerprint density at radius 3 is 2.72 bits per heavy atom. The smallest absolute Gasteiger partial charge is 0.159 e. The van der Waals surface area contributed by atoms with Crippen molar-refractivity contribution in [2.24, 2.45) is 19.8 Å². The van der Waals surface area contributed by atoms with Gasteiger partial charge in [0.1, 0.15) is 5.69 Å². The van der Waals surface area contributed by atoms with E-state index in [0.717, 1.165) is 28.1 Å². The molecule has 0 aliphatic carbocycles. The van der Waals surface area contributed by atoms with Crippen LogP contribution >= 0.6 is 0 Å². The van der Waals surface area contributed by atoms with Crippen molar-refractivity contribution >= 4 is 11.0 Å². The molecule has 0 saturated carbocycles. The maximum Gasteiger partial charge on any atom is 0.159 e. The molecule has 0 radical (unpaired) electrons. The molecule has 0 spiro atoms. The number of imidazole rings is 1. The van der Waals surface area contributed by atoms with Crippen LogP contribution in [-0.4, -0.2) is 19.3 Å². The van der Waals surface area contributed by atoms with Crippen LogP contribution in [0.2, 0.25) is 0 Å². The number of aromatic nitrogens is 4. The molecular formula is C13H15N5. The number of benzene rings is 1. The minimum absolute atomic E-state index is 0.535. The van der Waals surface area contributed by atoms with Crippen LogP contribution in [0.4, 0.5) is 0 Å². The quantitative estimate of drug-likeness (QED) is 0.738. The van der Waals surface area contributed by atoms with Crippen LogP contribution in [0.25, 0.3) is 22.6 Å². The highest BCUT2D eigenvalue weighted by Crippen LogP contribution is 2.23. The summed E-state index contributed by atoms with van der Waals surface area (Å²) in [6, 6.07) is 8.10. The summed E-state index contributed by atoms with van der Waals surface area (Å²) >= 11 is 0. The predicted molar refractivity (Wildman–Crippen MR) is 70.8 cm³/mol. The molecule has 2 aromatic heterocycles. The zero-order valence-corrected chi connectivity index (χ0v) is 10.5. The molecule has 92 valence electrons. The summed E-state index contributed by atoms with van der Waals surface area (Å²) in [5.74, 6) is 0.916. The van der Waals surface area contributed by atoms with Crippen LogP contribution in [-0.2, 0) is 20.6 Å². The number of nitrogens with two attached hydrogens (primary N) is 1. The van der Waals surface area contributed by atoms with Gasteiger partial charge in [-0.25, -0.2) is 4.98 Å². The SMILES string of the molecule is Cn1nccc1-c1nc2cc(CN)ccc2n1C. The molecule has 3 aromatic rings. The number of hydrogen-bond acceptors (Lipinski definition) is 3. The lowest BCUT2D eigenvalue weighted by Gasteiger charge is -2.02. The first-order valence-corrected chi connectivity index (χ1v) is 5.84. The number of rotatable bonds is 2. The Labute approximate surface area is 105 Å². The van der Waals surface area contributed by atoms with Crippen LogP contribution < -0.4 is 5.73 Å². The fourth-order valence-electron chi connectivity index (χ4n) is 2.19. The lowest BCUT2D eigenvalue weighted by atomic mass is 10.2. The molecule has 0 aliphatic heterocycles. The third kappa shape index (κ3) is 1.52. The lowest BCUT2D eigenvalue weighted by Crippen LogP contribution is -1.99. The van der Waals surface area contributed by atoms with E-state index in [4.69, 9.17) is 5.73 Å². The Balaban J connectivity index is 2.25. The zero-order chi connectivity index (χ0) is 12.7. The largest absolute Gasteiger partial charge is 0.326 e. The second kappa shape index (κ2) is 3.96. The van der Waals surface area contributed by atoms with E-state index in [0.29, 0.717) is 6.54 Å². The fraction of sp³-hybridized carbons (Fsp3) is 0.231. The predicted octanol–water partition coefficient (Wildman–Crippen LogP) is 1.43. The molecule has 3 rings (SSSR count). The highest BCUT2D eigenvalue weighted by atomic mass is 15.3. The first-order valence-electron chi connectivity index (χ1n) is 5.84. The lowest BCUT2D eigenvalue weighted by molar-refractivity contribution is 0.764. The number of aryl methyl sites for hydroxylation is 2. The highest BCUT2D eigenvalue weighted by Gasteiger charge is 2.12. The van der Waals surface area contributed by atoms with E-state index < -0.39 is 0 Å². The normalized spacial score (nSPS) is 11.3. The third-order valence-electron chi connectivity index (χ3n) is 3.23. The molecule has 0 bridgehead atoms. The van der Waals surface area contributed by atoms with Gasteiger partial charge in [0.05, 0.1) is 11.0 Å². The molecule has 1 aromatic carbocycles. The maximum atomic E-state index is 5.66. The molecule has 0 saturated heterocycles. The van der Waals surface area contributed by atoms with E-state index in [2.05, 4.69) is 20.7 Å². The molecule has 0 aliphatic rings. The van der Waals surface area contributed by atoms with Crippen LogP contribution in [0.1, 0.15) is 5.56 Å². The molecule has 5 nitrogen and oxygen atoms in total. The van der Waals surface area contributed by atoms with Crippen molar-refractivity contribution in [1.82, 2.24) is 19.3 Å². The van der Waals surface area contributed by atoms with Crippen LogP contribution in [0.5, 0.6) is 0 Å². The molecule has 18 heavy (non-hydrogen) atoms. The fourth-order valence-corrected chi connectivity index (χ4v) is 2.19. The van der Waals surface area contributed by atoms with Crippen molar-refractivity contribution in [1.29, 1.82) is 0 Å². The van der Waals surface area contributed by atoms with Crippen molar-refractivity contribution in [3.63, 3.8) is 0 Å². The van der Waals surface area contributed by atoms with E-state index in [1.54, 1.807) is 6.20 Å². The first kappa shape index (κ1) is 11.0. The van der Waals surface area contributed by atoms with Crippen molar-refractivity contribution in [3.8, 4) is 11.5 Å². The van der Waals surface area contributed by atoms with Gasteiger partial charge in [-0.05, 0) is 23.8 Å². The summed E-state index contributed by atoms with van der Waals surface area (Å²) < 4.78 is 3.90. The summed E-state index contributed by atoms with van der Waals surface area (Å²) in [6.45, 7) is 0.535. The molecular weight excluding hydrogens is 226 g/mol. The van der Waals surface area contributed by atoms with Gasteiger partial charge in [-0.3, -0.25) is 4.68 Å². The first-order chi connectivity index (χ1) is 8.70. The summed E-state index contributed by atoms with van der Waals surface area (Å²) in [5.41, 5.74) is 9.82. The second-order valence-electron chi connectivity index (χ2n) is 4.36. The maximum absolute atomic E-state index is 5.66. The Bertz CT molecular complexity index is 707. The van der Waals surface area contributed by atoms with Gasteiger partial charge in [0.25, 0.3) is 0 Å². The van der Waals surface area contributed by atoms with Crippen LogP contribution in [0, 0.1) is 0 Å². The number of fused-ring (bicyclic) bond motifs is 1. The van der Waals surface area contributed by atoms with Gasteiger partial charge < -0.3 is 10.3 Å². The van der Waals surface area contributed by atoms with Gasteiger partial charge in [-0.15, -0.1) is 0 Å². The van der Waals surface area contributed by atoms with Crippen molar-refractivity contribution < 1.29 is 0 Å². The average molecular weight is 241 g/mol. The Hall–Kier alpha value is -2.14. The standard InChI is InChI=1S/C13H15N5/c1-17-11-4-3-9(8-14)7-10(11)16-13(17)12-5-6-15-18(12)2/h3-7H,8,14H2,1-2H3. The van der Waals surface area contributed by atoms with Gasteiger partial charge in [0.15, 0.2) is 5.82 Å². The van der Waals surface area contributed by atoms with Gasteiger partial charge >= 0.3 is 0 Å². The summed E-state index contributed by atoms with van der Waals surface area (Å²) in [4.78, 5) is 4.67. The van der Waals surface area contributed by atoms with Crippen LogP contribution in [0.3, 0.4) is 0 Å². The van der Waals surface area contributed by atoms with E-state index >= 15 is 0 Å². The molecule has 0 atom stereocenters. The van der Waals surface area contributed by atoms with Crippen LogP contribution in [0.15, 0.2) is 30.5 Å². The van der Waals surface area contributed by atoms with Crippen molar-refractivity contribution in [2.45, 2.75) is 6.54 Å². The molecule has 0 amide bonds. The topological polar surface area (TPSA) is 61.7 Å². The second-order valence-corrected chi connectivity index (χ2v) is 4.36. The average Bonchev–Trinajstić information content (AvgIpc) is 2.93. The van der Waals surface area contributed by atoms with E-state index in [1.165, 1.54) is 0 Å². The molecule has 5 heteroatoms. The van der Waals surface area contributed by atoms with Crippen molar-refractivity contribution in [2.75, 3.05) is 0 Å². The minimum atomic E-state index is 0.535. The van der Waals surface area contributed by atoms with E-state index in [1.807, 2.05) is 37.0 Å². The molecule has 2 N–H and O–H groups in total. The Kier molecular flexibility index (Phi) is 2.41. The van der Waals surface area contributed by atoms with Gasteiger partial charge in [-0.1, -0.05) is 6.07 Å². The number of nitrogens with zero attached hydrogens (tertiary/aromatic N) is 4. The van der Waals surface area contributed by atoms with Crippen molar-refractivity contribution in [3.05, 3.63) is 36.0 Å². The summed E-state index contributed by atoms with van der Waals surface area (Å²) in [5, 5.41) is 4.18. The van der Waals surface area contributed by atoms with Gasteiger partial charge in [0.2, 0.25) is 0 Å².